The van der Waals surface area contributed by atoms with Gasteiger partial charge in [0.15, 0.2) is 0 Å². The minimum atomic E-state index is -1.13. The Bertz CT molecular complexity index is 566. The van der Waals surface area contributed by atoms with Crippen LogP contribution in [-0.4, -0.2) is 59.6 Å². The van der Waals surface area contributed by atoms with Crippen LogP contribution in [0, 0.1) is 0 Å². The van der Waals surface area contributed by atoms with Crippen LogP contribution in [-0.2, 0) is 14.3 Å². The number of rotatable bonds is 8. The summed E-state index contributed by atoms with van der Waals surface area (Å²) in [5, 5.41) is 13.4. The van der Waals surface area contributed by atoms with E-state index in [1.54, 1.807) is 17.5 Å². The van der Waals surface area contributed by atoms with Gasteiger partial charge < -0.3 is 20.1 Å². The van der Waals surface area contributed by atoms with Gasteiger partial charge in [-0.2, -0.15) is 0 Å². The highest BCUT2D eigenvalue weighted by atomic mass is 32.1. The zero-order valence-corrected chi connectivity index (χ0v) is 15.2. The van der Waals surface area contributed by atoms with Gasteiger partial charge in [-0.3, -0.25) is 9.59 Å². The van der Waals surface area contributed by atoms with Gasteiger partial charge in [-0.05, 0) is 32.2 Å². The van der Waals surface area contributed by atoms with E-state index in [0.717, 1.165) is 0 Å². The average molecular weight is 356 g/mol. The number of hydrogen-bond acceptors (Lipinski definition) is 5. The van der Waals surface area contributed by atoms with Crippen molar-refractivity contribution in [1.29, 1.82) is 0 Å². The third-order valence-electron chi connectivity index (χ3n) is 3.03. The molecule has 0 fully saturated rings. The molecule has 2 N–H and O–H groups in total. The lowest BCUT2D eigenvalue weighted by atomic mass is 10.1. The van der Waals surface area contributed by atoms with Crippen LogP contribution in [0.1, 0.15) is 36.9 Å². The van der Waals surface area contributed by atoms with Crippen molar-refractivity contribution < 1.29 is 24.2 Å². The Morgan fingerprint density at radius 2 is 2.04 bits per heavy atom. The molecule has 134 valence electrons. The molecule has 0 bridgehead atoms. The number of nitrogens with one attached hydrogen (secondary N) is 1. The lowest BCUT2D eigenvalue weighted by Crippen LogP contribution is -2.46. The Labute approximate surface area is 145 Å². The summed E-state index contributed by atoms with van der Waals surface area (Å²) in [6.45, 7) is 5.61. The Morgan fingerprint density at radius 3 is 2.54 bits per heavy atom. The van der Waals surface area contributed by atoms with Crippen LogP contribution in [0.5, 0.6) is 0 Å². The molecule has 0 aliphatic heterocycles. The number of thiophene rings is 1. The van der Waals surface area contributed by atoms with Crippen molar-refractivity contribution in [3.63, 3.8) is 0 Å². The van der Waals surface area contributed by atoms with E-state index in [0.29, 0.717) is 4.88 Å². The van der Waals surface area contributed by atoms with Gasteiger partial charge >= 0.3 is 5.97 Å². The van der Waals surface area contributed by atoms with Crippen molar-refractivity contribution in [3.8, 4) is 0 Å². The fourth-order valence-electron chi connectivity index (χ4n) is 1.86. The first-order valence-electron chi connectivity index (χ1n) is 7.55. The van der Waals surface area contributed by atoms with Crippen molar-refractivity contribution in [1.82, 2.24) is 10.2 Å². The quantitative estimate of drug-likeness (QED) is 0.737. The molecule has 8 heteroatoms. The molecule has 0 aromatic carbocycles. The second-order valence-electron chi connectivity index (χ2n) is 6.35. The number of likely N-dealkylation sites (N-methyl/N-ethyl adjacent to an activating group) is 1. The number of carboxylic acid groups (broad SMARTS) is 1. The van der Waals surface area contributed by atoms with Crippen molar-refractivity contribution in [3.05, 3.63) is 22.4 Å². The summed E-state index contributed by atoms with van der Waals surface area (Å²) in [4.78, 5) is 37.1. The van der Waals surface area contributed by atoms with E-state index in [1.807, 2.05) is 20.8 Å². The van der Waals surface area contributed by atoms with Crippen LogP contribution >= 0.6 is 11.3 Å². The van der Waals surface area contributed by atoms with Crippen molar-refractivity contribution >= 4 is 29.1 Å². The molecule has 2 amide bonds. The Hall–Kier alpha value is -1.93. The SMILES string of the molecule is CN(CC(=O)NC(CCOC(C)(C)C)C(=O)O)C(=O)c1cccs1. The summed E-state index contributed by atoms with van der Waals surface area (Å²) in [6, 6.07) is 2.37. The highest BCUT2D eigenvalue weighted by Crippen LogP contribution is 2.11. The standard InChI is InChI=1S/C16H24N2O5S/c1-16(2,3)23-8-7-11(15(21)22)17-13(19)10-18(4)14(20)12-6-5-9-24-12/h5-6,9,11H,7-8,10H2,1-4H3,(H,17,19)(H,21,22). The van der Waals surface area contributed by atoms with Gasteiger partial charge in [-0.25, -0.2) is 4.79 Å². The maximum Gasteiger partial charge on any atom is 0.326 e. The molecule has 1 aromatic heterocycles. The lowest BCUT2D eigenvalue weighted by molar-refractivity contribution is -0.142. The number of aliphatic carboxylic acids is 1. The van der Waals surface area contributed by atoms with Crippen LogP contribution in [0.2, 0.25) is 0 Å². The summed E-state index contributed by atoms with van der Waals surface area (Å²) in [6.07, 6.45) is 0.154. The zero-order valence-electron chi connectivity index (χ0n) is 14.4. The Balaban J connectivity index is 2.50. The van der Waals surface area contributed by atoms with Crippen molar-refractivity contribution in [2.45, 2.75) is 38.8 Å². The molecule has 0 saturated heterocycles. The molecule has 1 unspecified atom stereocenters. The second-order valence-corrected chi connectivity index (χ2v) is 7.29. The van der Waals surface area contributed by atoms with E-state index in [-0.39, 0.29) is 31.1 Å². The van der Waals surface area contributed by atoms with Gasteiger partial charge in [0.2, 0.25) is 5.91 Å². The highest BCUT2D eigenvalue weighted by Gasteiger charge is 2.23. The maximum atomic E-state index is 12.1. The molecule has 1 rings (SSSR count). The van der Waals surface area contributed by atoms with Crippen molar-refractivity contribution in [2.24, 2.45) is 0 Å². The smallest absolute Gasteiger partial charge is 0.326 e. The van der Waals surface area contributed by atoms with E-state index < -0.39 is 17.9 Å². The predicted molar refractivity (Wildman–Crippen MR) is 91.2 cm³/mol. The molecule has 0 aliphatic carbocycles. The van der Waals surface area contributed by atoms with Crippen LogP contribution in [0.4, 0.5) is 0 Å². The van der Waals surface area contributed by atoms with E-state index >= 15 is 0 Å². The highest BCUT2D eigenvalue weighted by molar-refractivity contribution is 7.12. The van der Waals surface area contributed by atoms with Gasteiger partial charge in [0.05, 0.1) is 17.0 Å². The second kappa shape index (κ2) is 8.79. The average Bonchev–Trinajstić information content (AvgIpc) is 2.97. The first kappa shape index (κ1) is 20.1. The fraction of sp³-hybridized carbons (Fsp3) is 0.562. The number of ether oxygens (including phenoxy) is 1. The molecule has 1 atom stereocenters. The van der Waals surface area contributed by atoms with Crippen molar-refractivity contribution in [2.75, 3.05) is 20.2 Å². The van der Waals surface area contributed by atoms with E-state index in [4.69, 9.17) is 4.74 Å². The lowest BCUT2D eigenvalue weighted by Gasteiger charge is -2.22. The van der Waals surface area contributed by atoms with Gasteiger partial charge in [-0.15, -0.1) is 11.3 Å². The zero-order chi connectivity index (χ0) is 18.3. The van der Waals surface area contributed by atoms with Gasteiger partial charge in [0.25, 0.3) is 5.91 Å². The largest absolute Gasteiger partial charge is 0.480 e. The molecule has 0 saturated carbocycles. The Kier molecular flexibility index (Phi) is 7.37. The number of carbonyl (C=O) groups is 3. The van der Waals surface area contributed by atoms with E-state index in [1.165, 1.54) is 23.3 Å². The molecule has 24 heavy (non-hydrogen) atoms. The molecule has 0 spiro atoms. The van der Waals surface area contributed by atoms with Gasteiger partial charge in [0.1, 0.15) is 6.04 Å². The number of hydrogen-bond donors (Lipinski definition) is 2. The molecule has 0 aliphatic rings. The first-order valence-corrected chi connectivity index (χ1v) is 8.43. The van der Waals surface area contributed by atoms with E-state index in [9.17, 15) is 19.5 Å². The number of carboxylic acids is 1. The predicted octanol–water partition coefficient (Wildman–Crippen LogP) is 1.59. The number of carbonyl (C=O) groups excluding carboxylic acids is 2. The topological polar surface area (TPSA) is 95.9 Å². The number of amides is 2. The fourth-order valence-corrected chi connectivity index (χ4v) is 2.57. The van der Waals surface area contributed by atoms with Gasteiger partial charge in [0, 0.05) is 20.1 Å². The third-order valence-corrected chi connectivity index (χ3v) is 3.89. The Morgan fingerprint density at radius 1 is 1.38 bits per heavy atom. The molecular weight excluding hydrogens is 332 g/mol. The molecule has 0 radical (unpaired) electrons. The van der Waals surface area contributed by atoms with E-state index in [2.05, 4.69) is 5.32 Å². The summed E-state index contributed by atoms with van der Waals surface area (Å²) in [5.74, 6) is -1.93. The number of nitrogens with zero attached hydrogens (tertiary/aromatic N) is 1. The van der Waals surface area contributed by atoms with Crippen LogP contribution in [0.3, 0.4) is 0 Å². The van der Waals surface area contributed by atoms with Crippen LogP contribution in [0.15, 0.2) is 17.5 Å². The van der Waals surface area contributed by atoms with Gasteiger partial charge in [-0.1, -0.05) is 6.07 Å². The molecular formula is C16H24N2O5S. The monoisotopic (exact) mass is 356 g/mol. The minimum absolute atomic E-state index is 0.154. The summed E-state index contributed by atoms with van der Waals surface area (Å²) in [7, 11) is 1.50. The molecule has 7 nitrogen and oxygen atoms in total. The normalized spacial score (nSPS) is 12.5. The third kappa shape index (κ3) is 7.10. The first-order chi connectivity index (χ1) is 11.1. The summed E-state index contributed by atoms with van der Waals surface area (Å²) in [5.41, 5.74) is -0.375. The molecule has 1 heterocycles. The summed E-state index contributed by atoms with van der Waals surface area (Å²) < 4.78 is 5.48. The summed E-state index contributed by atoms with van der Waals surface area (Å²) >= 11 is 1.29. The van der Waals surface area contributed by atoms with Crippen LogP contribution in [0.25, 0.3) is 0 Å². The molecule has 1 aromatic rings. The minimum Gasteiger partial charge on any atom is -0.480 e. The van der Waals surface area contributed by atoms with Crippen LogP contribution < -0.4 is 5.32 Å². The maximum absolute atomic E-state index is 12.1.